The van der Waals surface area contributed by atoms with E-state index in [0.29, 0.717) is 30.4 Å². The minimum atomic E-state index is -0.330. The van der Waals surface area contributed by atoms with Gasteiger partial charge in [0, 0.05) is 19.1 Å². The fraction of sp³-hybridized carbons (Fsp3) is 0.353. The summed E-state index contributed by atoms with van der Waals surface area (Å²) in [6, 6.07) is 7.40. The Labute approximate surface area is 143 Å². The third-order valence-electron chi connectivity index (χ3n) is 4.15. The van der Waals surface area contributed by atoms with E-state index in [4.69, 9.17) is 9.26 Å². The van der Waals surface area contributed by atoms with Gasteiger partial charge in [-0.25, -0.2) is 4.98 Å². The van der Waals surface area contributed by atoms with E-state index in [1.165, 1.54) is 6.20 Å². The number of carbonyl (C=O) groups is 1. The molecular formula is C17H17N5O3. The van der Waals surface area contributed by atoms with Crippen LogP contribution in [0.5, 0.6) is 0 Å². The predicted octanol–water partition coefficient (Wildman–Crippen LogP) is 1.84. The topological polar surface area (TPSA) is 103 Å². The van der Waals surface area contributed by atoms with Crippen LogP contribution in [0.3, 0.4) is 0 Å². The van der Waals surface area contributed by atoms with Gasteiger partial charge in [-0.15, -0.1) is 0 Å². The number of nitrogens with zero attached hydrogens (tertiary/aromatic N) is 4. The van der Waals surface area contributed by atoms with Gasteiger partial charge in [0.15, 0.2) is 5.82 Å². The summed E-state index contributed by atoms with van der Waals surface area (Å²) >= 11 is 0. The second-order valence-electron chi connectivity index (χ2n) is 5.86. The lowest BCUT2D eigenvalue weighted by Gasteiger charge is -2.18. The number of hydrogen-bond acceptors (Lipinski definition) is 7. The van der Waals surface area contributed by atoms with Crippen molar-refractivity contribution >= 4 is 16.9 Å². The van der Waals surface area contributed by atoms with E-state index in [1.54, 1.807) is 0 Å². The van der Waals surface area contributed by atoms with Crippen LogP contribution in [0.15, 0.2) is 35.0 Å². The van der Waals surface area contributed by atoms with Gasteiger partial charge in [-0.1, -0.05) is 17.3 Å². The van der Waals surface area contributed by atoms with E-state index in [9.17, 15) is 4.79 Å². The Morgan fingerprint density at radius 1 is 1.16 bits per heavy atom. The SMILES string of the molecule is O=C(NCc1nc(C2CCOCC2)no1)c1cnc2ccccc2n1. The summed E-state index contributed by atoms with van der Waals surface area (Å²) in [7, 11) is 0. The molecule has 1 amide bonds. The van der Waals surface area contributed by atoms with Gasteiger partial charge >= 0.3 is 0 Å². The van der Waals surface area contributed by atoms with Gasteiger partial charge in [0.2, 0.25) is 5.89 Å². The Morgan fingerprint density at radius 3 is 2.80 bits per heavy atom. The van der Waals surface area contributed by atoms with Crippen LogP contribution in [-0.4, -0.2) is 39.2 Å². The van der Waals surface area contributed by atoms with Crippen molar-refractivity contribution in [3.8, 4) is 0 Å². The molecule has 0 spiro atoms. The van der Waals surface area contributed by atoms with E-state index in [0.717, 1.165) is 18.4 Å². The highest BCUT2D eigenvalue weighted by atomic mass is 16.5. The number of fused-ring (bicyclic) bond motifs is 1. The van der Waals surface area contributed by atoms with E-state index in [1.807, 2.05) is 24.3 Å². The molecule has 1 saturated heterocycles. The number of aromatic nitrogens is 4. The first-order valence-electron chi connectivity index (χ1n) is 8.20. The number of ether oxygens (including phenoxy) is 1. The molecule has 1 aromatic carbocycles. The van der Waals surface area contributed by atoms with Crippen LogP contribution < -0.4 is 5.32 Å². The van der Waals surface area contributed by atoms with E-state index < -0.39 is 0 Å². The van der Waals surface area contributed by atoms with Crippen molar-refractivity contribution in [1.82, 2.24) is 25.4 Å². The second-order valence-corrected chi connectivity index (χ2v) is 5.86. The number of para-hydroxylation sites is 2. The molecule has 1 aliphatic heterocycles. The van der Waals surface area contributed by atoms with Gasteiger partial charge in [0.1, 0.15) is 5.69 Å². The molecule has 25 heavy (non-hydrogen) atoms. The largest absolute Gasteiger partial charge is 0.381 e. The van der Waals surface area contributed by atoms with Gasteiger partial charge in [-0.3, -0.25) is 9.78 Å². The second kappa shape index (κ2) is 6.94. The maximum absolute atomic E-state index is 12.3. The zero-order valence-electron chi connectivity index (χ0n) is 13.5. The van der Waals surface area contributed by atoms with Crippen LogP contribution in [0.2, 0.25) is 0 Å². The lowest BCUT2D eigenvalue weighted by atomic mass is 10.00. The van der Waals surface area contributed by atoms with Crippen LogP contribution >= 0.6 is 0 Å². The van der Waals surface area contributed by atoms with Gasteiger partial charge in [0.05, 0.1) is 23.8 Å². The average molecular weight is 339 g/mol. The number of hydrogen-bond donors (Lipinski definition) is 1. The Hall–Kier alpha value is -2.87. The molecule has 4 rings (SSSR count). The first-order valence-corrected chi connectivity index (χ1v) is 8.20. The first-order chi connectivity index (χ1) is 12.3. The fourth-order valence-corrected chi connectivity index (χ4v) is 2.77. The molecule has 2 aromatic heterocycles. The van der Waals surface area contributed by atoms with Gasteiger partial charge in [-0.2, -0.15) is 4.98 Å². The number of carbonyl (C=O) groups excluding carboxylic acids is 1. The van der Waals surface area contributed by atoms with E-state index in [2.05, 4.69) is 25.4 Å². The molecule has 0 aliphatic carbocycles. The molecule has 3 aromatic rings. The lowest BCUT2D eigenvalue weighted by Crippen LogP contribution is -2.24. The highest BCUT2D eigenvalue weighted by Crippen LogP contribution is 2.24. The summed E-state index contributed by atoms with van der Waals surface area (Å²) in [6.45, 7) is 1.58. The Bertz CT molecular complexity index is 889. The molecule has 1 fully saturated rings. The monoisotopic (exact) mass is 339 g/mol. The van der Waals surface area contributed by atoms with Crippen LogP contribution in [0, 0.1) is 0 Å². The van der Waals surface area contributed by atoms with Crippen molar-refractivity contribution < 1.29 is 14.1 Å². The minimum absolute atomic E-state index is 0.156. The van der Waals surface area contributed by atoms with Crippen molar-refractivity contribution in [3.05, 3.63) is 47.9 Å². The standard InChI is InChI=1S/C17H17N5O3/c23-17(14-9-18-12-3-1-2-4-13(12)20-14)19-10-15-21-16(22-25-15)11-5-7-24-8-6-11/h1-4,9,11H,5-8,10H2,(H,19,23). The summed E-state index contributed by atoms with van der Waals surface area (Å²) in [5.41, 5.74) is 1.68. The molecule has 0 saturated carbocycles. The van der Waals surface area contributed by atoms with Gasteiger partial charge in [-0.05, 0) is 25.0 Å². The average Bonchev–Trinajstić information content (AvgIpc) is 3.15. The van der Waals surface area contributed by atoms with Crippen molar-refractivity contribution in [2.45, 2.75) is 25.3 Å². The van der Waals surface area contributed by atoms with Gasteiger partial charge in [0.25, 0.3) is 5.91 Å². The molecule has 1 N–H and O–H groups in total. The molecule has 128 valence electrons. The third-order valence-corrected chi connectivity index (χ3v) is 4.15. The van der Waals surface area contributed by atoms with Crippen LogP contribution in [0.25, 0.3) is 11.0 Å². The molecule has 8 nitrogen and oxygen atoms in total. The predicted molar refractivity (Wildman–Crippen MR) is 87.8 cm³/mol. The highest BCUT2D eigenvalue weighted by Gasteiger charge is 2.21. The van der Waals surface area contributed by atoms with Crippen molar-refractivity contribution in [3.63, 3.8) is 0 Å². The molecule has 1 aliphatic rings. The Kier molecular flexibility index (Phi) is 4.34. The van der Waals surface area contributed by atoms with Crippen LogP contribution in [0.1, 0.15) is 41.0 Å². The zero-order valence-corrected chi connectivity index (χ0v) is 13.5. The number of amides is 1. The zero-order chi connectivity index (χ0) is 17.1. The summed E-state index contributed by atoms with van der Waals surface area (Å²) in [5.74, 6) is 0.985. The minimum Gasteiger partial charge on any atom is -0.381 e. The van der Waals surface area contributed by atoms with Crippen LogP contribution in [0.4, 0.5) is 0 Å². The number of nitrogens with one attached hydrogen (secondary N) is 1. The summed E-state index contributed by atoms with van der Waals surface area (Å²) in [4.78, 5) is 25.2. The molecule has 0 radical (unpaired) electrons. The van der Waals surface area contributed by atoms with Crippen molar-refractivity contribution in [2.24, 2.45) is 0 Å². The van der Waals surface area contributed by atoms with E-state index in [-0.39, 0.29) is 24.1 Å². The Morgan fingerprint density at radius 2 is 1.96 bits per heavy atom. The molecule has 8 heteroatoms. The first kappa shape index (κ1) is 15.6. The molecule has 0 bridgehead atoms. The maximum atomic E-state index is 12.3. The van der Waals surface area contributed by atoms with Crippen molar-refractivity contribution in [1.29, 1.82) is 0 Å². The molecule has 0 unspecified atom stereocenters. The third kappa shape index (κ3) is 3.48. The van der Waals surface area contributed by atoms with Gasteiger partial charge < -0.3 is 14.6 Å². The maximum Gasteiger partial charge on any atom is 0.271 e. The lowest BCUT2D eigenvalue weighted by molar-refractivity contribution is 0.0830. The number of rotatable bonds is 4. The summed E-state index contributed by atoms with van der Waals surface area (Å²) in [6.07, 6.45) is 3.23. The highest BCUT2D eigenvalue weighted by molar-refractivity contribution is 5.93. The number of benzene rings is 1. The normalized spacial score (nSPS) is 15.4. The molecule has 3 heterocycles. The van der Waals surface area contributed by atoms with Crippen molar-refractivity contribution in [2.75, 3.05) is 13.2 Å². The van der Waals surface area contributed by atoms with Crippen LogP contribution in [-0.2, 0) is 11.3 Å². The van der Waals surface area contributed by atoms with E-state index >= 15 is 0 Å². The fourth-order valence-electron chi connectivity index (χ4n) is 2.77. The molecule has 0 atom stereocenters. The smallest absolute Gasteiger partial charge is 0.271 e. The molecular weight excluding hydrogens is 322 g/mol. The summed E-state index contributed by atoms with van der Waals surface area (Å²) < 4.78 is 10.6. The quantitative estimate of drug-likeness (QED) is 0.773. The Balaban J connectivity index is 1.40. The summed E-state index contributed by atoms with van der Waals surface area (Å²) in [5, 5.41) is 6.74.